The van der Waals surface area contributed by atoms with Crippen LogP contribution in [0.5, 0.6) is 5.75 Å². The van der Waals surface area contributed by atoms with Crippen molar-refractivity contribution in [1.29, 1.82) is 0 Å². The molecule has 0 radical (unpaired) electrons. The van der Waals surface area contributed by atoms with Crippen LogP contribution in [0.4, 0.5) is 5.69 Å². The summed E-state index contributed by atoms with van der Waals surface area (Å²) in [6.45, 7) is 5.25. The van der Waals surface area contributed by atoms with Crippen molar-refractivity contribution < 1.29 is 22.7 Å². The third-order valence-electron chi connectivity index (χ3n) is 5.15. The molecule has 0 unspecified atom stereocenters. The molecule has 0 saturated carbocycles. The lowest BCUT2D eigenvalue weighted by Gasteiger charge is -2.31. The molecule has 0 fully saturated rings. The number of nitrogens with one attached hydrogen (secondary N) is 1. The zero-order valence-corrected chi connectivity index (χ0v) is 21.0. The molecular formula is C23H30ClN3O5S. The van der Waals surface area contributed by atoms with Crippen LogP contribution in [0.1, 0.15) is 25.0 Å². The van der Waals surface area contributed by atoms with Crippen molar-refractivity contribution in [3.8, 4) is 5.75 Å². The summed E-state index contributed by atoms with van der Waals surface area (Å²) < 4.78 is 31.2. The number of aryl methyl sites for hydroxylation is 1. The van der Waals surface area contributed by atoms with Gasteiger partial charge in [0.15, 0.2) is 0 Å². The van der Waals surface area contributed by atoms with Gasteiger partial charge in [-0.15, -0.1) is 0 Å². The molecule has 0 aromatic heterocycles. The van der Waals surface area contributed by atoms with E-state index in [-0.39, 0.29) is 18.1 Å². The molecule has 8 nitrogen and oxygen atoms in total. The third-order valence-corrected chi connectivity index (χ3v) is 6.70. The Bertz CT molecular complexity index is 1090. The van der Waals surface area contributed by atoms with Gasteiger partial charge in [0.1, 0.15) is 18.3 Å². The van der Waals surface area contributed by atoms with E-state index in [0.717, 1.165) is 21.7 Å². The summed E-state index contributed by atoms with van der Waals surface area (Å²) in [6.07, 6.45) is 1.02. The number of hydrogen-bond acceptors (Lipinski definition) is 5. The maximum absolute atomic E-state index is 13.4. The number of carbonyl (C=O) groups excluding carboxylic acids is 2. The number of benzene rings is 2. The zero-order valence-electron chi connectivity index (χ0n) is 19.5. The minimum Gasteiger partial charge on any atom is -0.497 e. The van der Waals surface area contributed by atoms with Gasteiger partial charge >= 0.3 is 0 Å². The first kappa shape index (κ1) is 26.5. The number of ether oxygens (including phenoxy) is 1. The molecule has 0 aliphatic heterocycles. The van der Waals surface area contributed by atoms with Crippen LogP contribution >= 0.6 is 11.6 Å². The van der Waals surface area contributed by atoms with Crippen molar-refractivity contribution in [3.63, 3.8) is 0 Å². The zero-order chi connectivity index (χ0) is 24.8. The number of rotatable bonds is 10. The minimum atomic E-state index is -3.80. The second-order valence-corrected chi connectivity index (χ2v) is 9.96. The highest BCUT2D eigenvalue weighted by Crippen LogP contribution is 2.25. The predicted molar refractivity (Wildman–Crippen MR) is 130 cm³/mol. The highest BCUT2D eigenvalue weighted by Gasteiger charge is 2.30. The maximum Gasteiger partial charge on any atom is 0.244 e. The van der Waals surface area contributed by atoms with Crippen LogP contribution in [0.3, 0.4) is 0 Å². The SMILES string of the molecule is CCNC(=O)[C@@H](C)N(Cc1ccc(OC)cc1)C(=O)CN(c1ccc(C)c(Cl)c1)S(C)(=O)=O. The van der Waals surface area contributed by atoms with Gasteiger partial charge in [0.2, 0.25) is 21.8 Å². The number of amides is 2. The third kappa shape index (κ3) is 7.10. The lowest BCUT2D eigenvalue weighted by atomic mass is 10.1. The highest BCUT2D eigenvalue weighted by atomic mass is 35.5. The highest BCUT2D eigenvalue weighted by molar-refractivity contribution is 7.92. The average Bonchev–Trinajstić information content (AvgIpc) is 2.77. The first-order chi connectivity index (χ1) is 15.5. The van der Waals surface area contributed by atoms with Gasteiger partial charge in [0.05, 0.1) is 19.1 Å². The quantitative estimate of drug-likeness (QED) is 0.546. The summed E-state index contributed by atoms with van der Waals surface area (Å²) in [5.41, 5.74) is 1.83. The molecule has 2 aromatic carbocycles. The molecule has 0 aliphatic rings. The molecular weight excluding hydrogens is 466 g/mol. The van der Waals surface area contributed by atoms with Crippen LogP contribution in [0, 0.1) is 6.92 Å². The number of carbonyl (C=O) groups is 2. The van der Waals surface area contributed by atoms with Gasteiger partial charge < -0.3 is 15.0 Å². The first-order valence-electron chi connectivity index (χ1n) is 10.4. The Hall–Kier alpha value is -2.78. The van der Waals surface area contributed by atoms with Crippen LogP contribution in [0.25, 0.3) is 0 Å². The van der Waals surface area contributed by atoms with Crippen LogP contribution < -0.4 is 14.4 Å². The van der Waals surface area contributed by atoms with Gasteiger partial charge in [-0.1, -0.05) is 29.8 Å². The summed E-state index contributed by atoms with van der Waals surface area (Å²) in [4.78, 5) is 27.3. The number of anilines is 1. The fourth-order valence-corrected chi connectivity index (χ4v) is 4.20. The maximum atomic E-state index is 13.4. The van der Waals surface area contributed by atoms with Crippen LogP contribution in [0.2, 0.25) is 5.02 Å². The molecule has 1 atom stereocenters. The van der Waals surface area contributed by atoms with Crippen molar-refractivity contribution in [3.05, 3.63) is 58.6 Å². The van der Waals surface area contributed by atoms with Crippen molar-refractivity contribution in [2.24, 2.45) is 0 Å². The fraction of sp³-hybridized carbons (Fsp3) is 0.391. The molecule has 0 saturated heterocycles. The topological polar surface area (TPSA) is 96.0 Å². The predicted octanol–water partition coefficient (Wildman–Crippen LogP) is 2.98. The summed E-state index contributed by atoms with van der Waals surface area (Å²) in [5, 5.41) is 3.10. The van der Waals surface area contributed by atoms with Crippen LogP contribution in [-0.4, -0.2) is 57.6 Å². The van der Waals surface area contributed by atoms with E-state index in [1.54, 1.807) is 64.3 Å². The van der Waals surface area contributed by atoms with E-state index in [2.05, 4.69) is 5.32 Å². The monoisotopic (exact) mass is 495 g/mol. The van der Waals surface area contributed by atoms with Crippen LogP contribution in [0.15, 0.2) is 42.5 Å². The van der Waals surface area contributed by atoms with Crippen molar-refractivity contribution >= 4 is 39.1 Å². The Kier molecular flexibility index (Phi) is 9.13. The van der Waals surface area contributed by atoms with E-state index >= 15 is 0 Å². The second-order valence-electron chi connectivity index (χ2n) is 7.64. The number of nitrogens with zero attached hydrogens (tertiary/aromatic N) is 2. The summed E-state index contributed by atoms with van der Waals surface area (Å²) >= 11 is 6.19. The van der Waals surface area contributed by atoms with E-state index in [1.165, 1.54) is 11.0 Å². The first-order valence-corrected chi connectivity index (χ1v) is 12.6. The molecule has 2 amide bonds. The Morgan fingerprint density at radius 1 is 1.15 bits per heavy atom. The number of methoxy groups -OCH3 is 1. The average molecular weight is 496 g/mol. The smallest absolute Gasteiger partial charge is 0.244 e. The van der Waals surface area contributed by atoms with Gasteiger partial charge in [-0.3, -0.25) is 13.9 Å². The van der Waals surface area contributed by atoms with E-state index in [0.29, 0.717) is 17.3 Å². The summed E-state index contributed by atoms with van der Waals surface area (Å²) in [5.74, 6) is -0.191. The van der Waals surface area contributed by atoms with E-state index in [9.17, 15) is 18.0 Å². The molecule has 0 aliphatic carbocycles. The van der Waals surface area contributed by atoms with Gasteiger partial charge in [-0.2, -0.15) is 0 Å². The molecule has 2 rings (SSSR count). The Balaban J connectivity index is 2.39. The van der Waals surface area contributed by atoms with E-state index in [4.69, 9.17) is 16.3 Å². The lowest BCUT2D eigenvalue weighted by Crippen LogP contribution is -2.51. The standard InChI is InChI=1S/C23H30ClN3O5S/c1-6-25-23(29)17(3)26(14-18-8-11-20(32-4)12-9-18)22(28)15-27(33(5,30)31)19-10-7-16(2)21(24)13-19/h7-13,17H,6,14-15H2,1-5H3,(H,25,29)/t17-/m1/s1. The van der Waals surface area contributed by atoms with Gasteiger partial charge in [0, 0.05) is 18.1 Å². The molecule has 1 N–H and O–H groups in total. The number of halogens is 1. The molecule has 2 aromatic rings. The molecule has 0 spiro atoms. The summed E-state index contributed by atoms with van der Waals surface area (Å²) in [7, 11) is -2.25. The van der Waals surface area contributed by atoms with Crippen molar-refractivity contribution in [2.75, 3.05) is 30.8 Å². The van der Waals surface area contributed by atoms with E-state index < -0.39 is 28.5 Å². The van der Waals surface area contributed by atoms with E-state index in [1.807, 2.05) is 0 Å². The van der Waals surface area contributed by atoms with Crippen LogP contribution in [-0.2, 0) is 26.2 Å². The number of sulfonamides is 1. The molecule has 10 heteroatoms. The largest absolute Gasteiger partial charge is 0.497 e. The Morgan fingerprint density at radius 3 is 2.30 bits per heavy atom. The fourth-order valence-electron chi connectivity index (χ4n) is 3.18. The van der Waals surface area contributed by atoms with Crippen molar-refractivity contribution in [1.82, 2.24) is 10.2 Å². The molecule has 33 heavy (non-hydrogen) atoms. The Labute approximate surface area is 200 Å². The lowest BCUT2D eigenvalue weighted by molar-refractivity contribution is -0.139. The molecule has 0 heterocycles. The van der Waals surface area contributed by atoms with Gasteiger partial charge in [-0.25, -0.2) is 8.42 Å². The Morgan fingerprint density at radius 2 is 1.79 bits per heavy atom. The van der Waals surface area contributed by atoms with Crippen molar-refractivity contribution in [2.45, 2.75) is 33.4 Å². The number of likely N-dealkylation sites (N-methyl/N-ethyl adjacent to an activating group) is 1. The summed E-state index contributed by atoms with van der Waals surface area (Å²) in [6, 6.07) is 11.1. The molecule has 180 valence electrons. The number of hydrogen-bond donors (Lipinski definition) is 1. The van der Waals surface area contributed by atoms with Gasteiger partial charge in [0.25, 0.3) is 0 Å². The minimum absolute atomic E-state index is 0.118. The molecule has 0 bridgehead atoms. The normalized spacial score (nSPS) is 12.1. The second kappa shape index (κ2) is 11.4. The van der Waals surface area contributed by atoms with Gasteiger partial charge in [-0.05, 0) is 56.2 Å².